The van der Waals surface area contributed by atoms with Gasteiger partial charge in [-0.2, -0.15) is 0 Å². The highest BCUT2D eigenvalue weighted by Crippen LogP contribution is 2.24. The Morgan fingerprint density at radius 2 is 1.73 bits per heavy atom. The van der Waals surface area contributed by atoms with Gasteiger partial charge in [0.15, 0.2) is 5.78 Å². The molecular formula is C17H17NO3S. The van der Waals surface area contributed by atoms with Crippen LogP contribution in [-0.4, -0.2) is 10.7 Å². The van der Waals surface area contributed by atoms with E-state index in [0.717, 1.165) is 28.2 Å². The Hall–Kier alpha value is -2.14. The van der Waals surface area contributed by atoms with Gasteiger partial charge in [0, 0.05) is 34.8 Å². The maximum atomic E-state index is 11.8. The first kappa shape index (κ1) is 16.2. The second-order valence-electron chi connectivity index (χ2n) is 4.91. The van der Waals surface area contributed by atoms with Crippen LogP contribution in [-0.2, 0) is 5.75 Å². The SMILES string of the molecule is CCCC(=O)c1ccc(SCc2ccc([N+](=O)[O-])cc2)cc1. The summed E-state index contributed by atoms with van der Waals surface area (Å²) in [6.45, 7) is 1.99. The summed E-state index contributed by atoms with van der Waals surface area (Å²) < 4.78 is 0. The van der Waals surface area contributed by atoms with E-state index in [1.54, 1.807) is 23.9 Å². The van der Waals surface area contributed by atoms with Crippen LogP contribution < -0.4 is 0 Å². The smallest absolute Gasteiger partial charge is 0.269 e. The number of rotatable bonds is 7. The molecule has 0 saturated heterocycles. The van der Waals surface area contributed by atoms with Gasteiger partial charge >= 0.3 is 0 Å². The van der Waals surface area contributed by atoms with Crippen molar-refractivity contribution in [2.24, 2.45) is 0 Å². The van der Waals surface area contributed by atoms with Gasteiger partial charge in [-0.15, -0.1) is 11.8 Å². The van der Waals surface area contributed by atoms with E-state index in [2.05, 4.69) is 0 Å². The van der Waals surface area contributed by atoms with E-state index in [1.165, 1.54) is 12.1 Å². The van der Waals surface area contributed by atoms with Gasteiger partial charge in [-0.1, -0.05) is 31.2 Å². The van der Waals surface area contributed by atoms with Crippen molar-refractivity contribution in [1.29, 1.82) is 0 Å². The third-order valence-electron chi connectivity index (χ3n) is 3.21. The van der Waals surface area contributed by atoms with Crippen molar-refractivity contribution in [3.05, 3.63) is 69.8 Å². The van der Waals surface area contributed by atoms with E-state index >= 15 is 0 Å². The molecule has 0 N–H and O–H groups in total. The highest BCUT2D eigenvalue weighted by atomic mass is 32.2. The van der Waals surface area contributed by atoms with Crippen molar-refractivity contribution in [3.8, 4) is 0 Å². The Morgan fingerprint density at radius 1 is 1.09 bits per heavy atom. The minimum atomic E-state index is -0.400. The molecular weight excluding hydrogens is 298 g/mol. The number of thioether (sulfide) groups is 1. The van der Waals surface area contributed by atoms with E-state index in [-0.39, 0.29) is 11.5 Å². The van der Waals surface area contributed by atoms with Gasteiger partial charge in [0.05, 0.1) is 4.92 Å². The molecule has 0 aliphatic carbocycles. The number of carbonyl (C=O) groups is 1. The molecule has 0 aromatic heterocycles. The number of ketones is 1. The number of Topliss-reactive ketones (excluding diaryl/α,β-unsaturated/α-hetero) is 1. The summed E-state index contributed by atoms with van der Waals surface area (Å²) >= 11 is 1.64. The molecule has 0 spiro atoms. The van der Waals surface area contributed by atoms with E-state index in [1.807, 2.05) is 31.2 Å². The Morgan fingerprint density at radius 3 is 2.27 bits per heavy atom. The molecule has 114 valence electrons. The van der Waals surface area contributed by atoms with Gasteiger partial charge in [-0.3, -0.25) is 14.9 Å². The lowest BCUT2D eigenvalue weighted by Gasteiger charge is -2.04. The molecule has 0 saturated carbocycles. The first-order valence-electron chi connectivity index (χ1n) is 7.09. The van der Waals surface area contributed by atoms with E-state index in [0.29, 0.717) is 6.42 Å². The molecule has 0 fully saturated rings. The van der Waals surface area contributed by atoms with Crippen molar-refractivity contribution < 1.29 is 9.72 Å². The lowest BCUT2D eigenvalue weighted by Crippen LogP contribution is -1.97. The lowest BCUT2D eigenvalue weighted by molar-refractivity contribution is -0.384. The molecule has 0 radical (unpaired) electrons. The lowest BCUT2D eigenvalue weighted by atomic mass is 10.1. The Balaban J connectivity index is 1.94. The Bertz CT molecular complexity index is 651. The van der Waals surface area contributed by atoms with Gasteiger partial charge in [0.25, 0.3) is 5.69 Å². The Kier molecular flexibility index (Phi) is 5.72. The molecule has 0 aliphatic rings. The largest absolute Gasteiger partial charge is 0.294 e. The summed E-state index contributed by atoms with van der Waals surface area (Å²) in [4.78, 5) is 23.0. The number of benzene rings is 2. The molecule has 0 atom stereocenters. The zero-order valence-electron chi connectivity index (χ0n) is 12.3. The van der Waals surface area contributed by atoms with E-state index in [9.17, 15) is 14.9 Å². The zero-order valence-corrected chi connectivity index (χ0v) is 13.1. The highest BCUT2D eigenvalue weighted by molar-refractivity contribution is 7.98. The second-order valence-corrected chi connectivity index (χ2v) is 5.96. The van der Waals surface area contributed by atoms with Crippen LogP contribution in [0.15, 0.2) is 53.4 Å². The fourth-order valence-corrected chi connectivity index (χ4v) is 2.84. The minimum Gasteiger partial charge on any atom is -0.294 e. The number of non-ortho nitro benzene ring substituents is 1. The predicted octanol–water partition coefficient (Wildman–Crippen LogP) is 4.87. The normalized spacial score (nSPS) is 10.4. The van der Waals surface area contributed by atoms with Gasteiger partial charge in [0.1, 0.15) is 0 Å². The van der Waals surface area contributed by atoms with Crippen LogP contribution in [0, 0.1) is 10.1 Å². The van der Waals surface area contributed by atoms with Crippen molar-refractivity contribution in [2.45, 2.75) is 30.4 Å². The number of hydrogen-bond donors (Lipinski definition) is 0. The summed E-state index contributed by atoms with van der Waals surface area (Å²) in [7, 11) is 0. The number of carbonyl (C=O) groups excluding carboxylic acids is 1. The molecule has 2 rings (SSSR count). The number of nitro groups is 1. The second kappa shape index (κ2) is 7.75. The average Bonchev–Trinajstić information content (AvgIpc) is 2.54. The number of nitrogens with zero attached hydrogens (tertiary/aromatic N) is 1. The van der Waals surface area contributed by atoms with Gasteiger partial charge < -0.3 is 0 Å². The first-order chi connectivity index (χ1) is 10.6. The third kappa shape index (κ3) is 4.43. The topological polar surface area (TPSA) is 60.2 Å². The Labute approximate surface area is 133 Å². The van der Waals surface area contributed by atoms with Gasteiger partial charge in [-0.25, -0.2) is 0 Å². The van der Waals surface area contributed by atoms with Gasteiger partial charge in [0.2, 0.25) is 0 Å². The minimum absolute atomic E-state index is 0.104. The average molecular weight is 315 g/mol. The molecule has 0 heterocycles. The fourth-order valence-electron chi connectivity index (χ4n) is 1.99. The summed E-state index contributed by atoms with van der Waals surface area (Å²) in [5.74, 6) is 0.912. The molecule has 0 bridgehead atoms. The van der Waals surface area contributed by atoms with Crippen molar-refractivity contribution in [3.63, 3.8) is 0 Å². The first-order valence-corrected chi connectivity index (χ1v) is 8.08. The number of hydrogen-bond acceptors (Lipinski definition) is 4. The zero-order chi connectivity index (χ0) is 15.9. The summed E-state index contributed by atoms with van der Waals surface area (Å²) in [5.41, 5.74) is 1.89. The molecule has 2 aromatic rings. The van der Waals surface area contributed by atoms with Crippen molar-refractivity contribution >= 4 is 23.2 Å². The van der Waals surface area contributed by atoms with E-state index < -0.39 is 4.92 Å². The summed E-state index contributed by atoms with van der Waals surface area (Å²) in [5, 5.41) is 10.6. The molecule has 4 nitrogen and oxygen atoms in total. The molecule has 5 heteroatoms. The van der Waals surface area contributed by atoms with Crippen LogP contribution in [0.2, 0.25) is 0 Å². The predicted molar refractivity (Wildman–Crippen MR) is 88.3 cm³/mol. The van der Waals surface area contributed by atoms with Crippen molar-refractivity contribution in [2.75, 3.05) is 0 Å². The molecule has 0 amide bonds. The van der Waals surface area contributed by atoms with Crippen molar-refractivity contribution in [1.82, 2.24) is 0 Å². The van der Waals surface area contributed by atoms with Crippen LogP contribution in [0.1, 0.15) is 35.7 Å². The van der Waals surface area contributed by atoms with E-state index in [4.69, 9.17) is 0 Å². The maximum Gasteiger partial charge on any atom is 0.269 e. The molecule has 22 heavy (non-hydrogen) atoms. The number of nitro benzene ring substituents is 1. The maximum absolute atomic E-state index is 11.8. The summed E-state index contributed by atoms with van der Waals surface area (Å²) in [6, 6.07) is 14.2. The third-order valence-corrected chi connectivity index (χ3v) is 4.29. The summed E-state index contributed by atoms with van der Waals surface area (Å²) in [6.07, 6.45) is 1.44. The van der Waals surface area contributed by atoms with Crippen LogP contribution in [0.25, 0.3) is 0 Å². The van der Waals surface area contributed by atoms with Crippen LogP contribution in [0.3, 0.4) is 0 Å². The van der Waals surface area contributed by atoms with Gasteiger partial charge in [-0.05, 0) is 24.1 Å². The van der Waals surface area contributed by atoms with Crippen LogP contribution in [0.5, 0.6) is 0 Å². The fraction of sp³-hybridized carbons (Fsp3) is 0.235. The quantitative estimate of drug-likeness (QED) is 0.316. The van der Waals surface area contributed by atoms with Crippen LogP contribution >= 0.6 is 11.8 Å². The molecule has 0 aliphatic heterocycles. The molecule has 2 aromatic carbocycles. The monoisotopic (exact) mass is 315 g/mol. The highest BCUT2D eigenvalue weighted by Gasteiger charge is 2.06. The molecule has 0 unspecified atom stereocenters. The van der Waals surface area contributed by atoms with Crippen LogP contribution in [0.4, 0.5) is 5.69 Å². The standard InChI is InChI=1S/C17H17NO3S/c1-2-3-17(19)14-6-10-16(11-7-14)22-12-13-4-8-15(9-5-13)18(20)21/h4-11H,2-3,12H2,1H3.